The van der Waals surface area contributed by atoms with Gasteiger partial charge in [-0.1, -0.05) is 6.92 Å². The first-order chi connectivity index (χ1) is 5.74. The lowest BCUT2D eigenvalue weighted by Gasteiger charge is -2.04. The molecule has 0 aliphatic rings. The average Bonchev–Trinajstić information content (AvgIpc) is 2.47. The van der Waals surface area contributed by atoms with E-state index >= 15 is 0 Å². The molecule has 1 heterocycles. The molecule has 0 radical (unpaired) electrons. The van der Waals surface area contributed by atoms with Gasteiger partial charge in [-0.15, -0.1) is 23.4 Å². The Bertz CT molecular complexity index is 234. The van der Waals surface area contributed by atoms with Crippen molar-refractivity contribution in [3.63, 3.8) is 0 Å². The van der Waals surface area contributed by atoms with Crippen LogP contribution in [0.1, 0.15) is 12.7 Å². The van der Waals surface area contributed by atoms with E-state index in [0.29, 0.717) is 5.92 Å². The van der Waals surface area contributed by atoms with Crippen molar-refractivity contribution in [1.82, 2.24) is 0 Å². The molecule has 0 N–H and O–H groups in total. The molecule has 0 fully saturated rings. The molecule has 1 rings (SSSR count). The zero-order chi connectivity index (χ0) is 8.97. The highest BCUT2D eigenvalue weighted by Crippen LogP contribution is 2.25. The Labute approximate surface area is 82.5 Å². The highest BCUT2D eigenvalue weighted by molar-refractivity contribution is 7.99. The molecule has 0 aromatic carbocycles. The van der Waals surface area contributed by atoms with E-state index < -0.39 is 0 Å². The SMILES string of the molecule is Cc1occc1SCC(C)CCl. The first-order valence-electron chi connectivity index (χ1n) is 3.97. The molecule has 12 heavy (non-hydrogen) atoms. The number of rotatable bonds is 4. The molecule has 1 nitrogen and oxygen atoms in total. The summed E-state index contributed by atoms with van der Waals surface area (Å²) >= 11 is 7.50. The quantitative estimate of drug-likeness (QED) is 0.550. The monoisotopic (exact) mass is 204 g/mol. The molecule has 1 aromatic rings. The fourth-order valence-electron chi connectivity index (χ4n) is 0.800. The zero-order valence-electron chi connectivity index (χ0n) is 7.34. The zero-order valence-corrected chi connectivity index (χ0v) is 8.91. The summed E-state index contributed by atoms with van der Waals surface area (Å²) in [5, 5.41) is 0. The van der Waals surface area contributed by atoms with Crippen molar-refractivity contribution in [1.29, 1.82) is 0 Å². The van der Waals surface area contributed by atoms with Crippen LogP contribution in [0, 0.1) is 12.8 Å². The number of alkyl halides is 1. The molecule has 0 spiro atoms. The molecule has 3 heteroatoms. The van der Waals surface area contributed by atoms with Crippen LogP contribution in [0.2, 0.25) is 0 Å². The number of halogens is 1. The van der Waals surface area contributed by atoms with Crippen LogP contribution < -0.4 is 0 Å². The second kappa shape index (κ2) is 4.83. The third kappa shape index (κ3) is 2.76. The fraction of sp³-hybridized carbons (Fsp3) is 0.556. The van der Waals surface area contributed by atoms with Gasteiger partial charge in [0.25, 0.3) is 0 Å². The van der Waals surface area contributed by atoms with Crippen LogP contribution in [0.15, 0.2) is 21.6 Å². The Kier molecular flexibility index (Phi) is 4.02. The van der Waals surface area contributed by atoms with Crippen molar-refractivity contribution < 1.29 is 4.42 Å². The van der Waals surface area contributed by atoms with Gasteiger partial charge in [0.2, 0.25) is 0 Å². The van der Waals surface area contributed by atoms with Gasteiger partial charge in [-0.3, -0.25) is 0 Å². The van der Waals surface area contributed by atoms with E-state index in [2.05, 4.69) is 6.92 Å². The summed E-state index contributed by atoms with van der Waals surface area (Å²) in [7, 11) is 0. The summed E-state index contributed by atoms with van der Waals surface area (Å²) in [5.74, 6) is 3.35. The summed E-state index contributed by atoms with van der Waals surface area (Å²) in [4.78, 5) is 1.23. The summed E-state index contributed by atoms with van der Waals surface area (Å²) in [6.07, 6.45) is 1.73. The Morgan fingerprint density at radius 2 is 2.42 bits per heavy atom. The standard InChI is InChI=1S/C9H13ClOS/c1-7(5-10)6-12-9-3-4-11-8(9)2/h3-4,7H,5-6H2,1-2H3. The Morgan fingerprint density at radius 3 is 2.92 bits per heavy atom. The lowest BCUT2D eigenvalue weighted by atomic mass is 10.3. The van der Waals surface area contributed by atoms with Gasteiger partial charge in [0, 0.05) is 16.5 Å². The molecule has 0 aliphatic carbocycles. The summed E-state index contributed by atoms with van der Waals surface area (Å²) in [6, 6.07) is 2.00. The lowest BCUT2D eigenvalue weighted by Crippen LogP contribution is -1.98. The van der Waals surface area contributed by atoms with Crippen molar-refractivity contribution in [2.75, 3.05) is 11.6 Å². The Morgan fingerprint density at radius 1 is 1.67 bits per heavy atom. The third-order valence-corrected chi connectivity index (χ3v) is 3.60. The first-order valence-corrected chi connectivity index (χ1v) is 5.49. The highest BCUT2D eigenvalue weighted by Gasteiger charge is 2.04. The maximum absolute atomic E-state index is 5.70. The van der Waals surface area contributed by atoms with E-state index in [1.807, 2.05) is 24.8 Å². The van der Waals surface area contributed by atoms with E-state index in [0.717, 1.165) is 17.4 Å². The maximum Gasteiger partial charge on any atom is 0.114 e. The summed E-state index contributed by atoms with van der Waals surface area (Å²) in [6.45, 7) is 4.13. The molecule has 0 bridgehead atoms. The van der Waals surface area contributed by atoms with E-state index in [9.17, 15) is 0 Å². The minimum absolute atomic E-state index is 0.561. The predicted molar refractivity (Wildman–Crippen MR) is 54.1 cm³/mol. The second-order valence-electron chi connectivity index (χ2n) is 2.91. The average molecular weight is 205 g/mol. The smallest absolute Gasteiger partial charge is 0.114 e. The van der Waals surface area contributed by atoms with Crippen LogP contribution >= 0.6 is 23.4 Å². The minimum Gasteiger partial charge on any atom is -0.468 e. The van der Waals surface area contributed by atoms with Crippen LogP contribution in [-0.2, 0) is 0 Å². The van der Waals surface area contributed by atoms with E-state index in [1.165, 1.54) is 4.90 Å². The van der Waals surface area contributed by atoms with Crippen LogP contribution in [0.3, 0.4) is 0 Å². The van der Waals surface area contributed by atoms with Gasteiger partial charge in [0.1, 0.15) is 5.76 Å². The molecule has 1 aromatic heterocycles. The van der Waals surface area contributed by atoms with Crippen molar-refractivity contribution >= 4 is 23.4 Å². The van der Waals surface area contributed by atoms with E-state index in [4.69, 9.17) is 16.0 Å². The van der Waals surface area contributed by atoms with Crippen molar-refractivity contribution in [2.45, 2.75) is 18.7 Å². The van der Waals surface area contributed by atoms with Gasteiger partial charge >= 0.3 is 0 Å². The molecule has 1 atom stereocenters. The van der Waals surface area contributed by atoms with Crippen LogP contribution in [0.4, 0.5) is 0 Å². The van der Waals surface area contributed by atoms with Crippen molar-refractivity contribution in [2.24, 2.45) is 5.92 Å². The molecule has 0 saturated carbocycles. The number of hydrogen-bond acceptors (Lipinski definition) is 2. The minimum atomic E-state index is 0.561. The fourth-order valence-corrected chi connectivity index (χ4v) is 2.02. The third-order valence-electron chi connectivity index (χ3n) is 1.60. The summed E-state index contributed by atoms with van der Waals surface area (Å²) < 4.78 is 5.18. The van der Waals surface area contributed by atoms with E-state index in [1.54, 1.807) is 6.26 Å². The predicted octanol–water partition coefficient (Wildman–Crippen LogP) is 3.56. The second-order valence-corrected chi connectivity index (χ2v) is 4.28. The molecule has 68 valence electrons. The van der Waals surface area contributed by atoms with Gasteiger partial charge < -0.3 is 4.42 Å². The lowest BCUT2D eigenvalue weighted by molar-refractivity contribution is 0.527. The molecular weight excluding hydrogens is 192 g/mol. The number of hydrogen-bond donors (Lipinski definition) is 0. The number of thioether (sulfide) groups is 1. The van der Waals surface area contributed by atoms with Gasteiger partial charge in [0.15, 0.2) is 0 Å². The topological polar surface area (TPSA) is 13.1 Å². The van der Waals surface area contributed by atoms with Crippen molar-refractivity contribution in [3.8, 4) is 0 Å². The molecule has 0 aliphatic heterocycles. The van der Waals surface area contributed by atoms with Gasteiger partial charge in [-0.2, -0.15) is 0 Å². The molecular formula is C9H13ClOS. The molecule has 0 amide bonds. The van der Waals surface area contributed by atoms with Crippen molar-refractivity contribution in [3.05, 3.63) is 18.1 Å². The van der Waals surface area contributed by atoms with E-state index in [-0.39, 0.29) is 0 Å². The normalized spacial score (nSPS) is 13.2. The van der Waals surface area contributed by atoms with Crippen LogP contribution in [0.5, 0.6) is 0 Å². The van der Waals surface area contributed by atoms with Gasteiger partial charge in [-0.05, 0) is 18.9 Å². The molecule has 1 unspecified atom stereocenters. The number of furan rings is 1. The van der Waals surface area contributed by atoms with Gasteiger partial charge in [0.05, 0.1) is 6.26 Å². The Balaban J connectivity index is 2.38. The highest BCUT2D eigenvalue weighted by atomic mass is 35.5. The van der Waals surface area contributed by atoms with Gasteiger partial charge in [-0.25, -0.2) is 0 Å². The maximum atomic E-state index is 5.70. The van der Waals surface area contributed by atoms with Crippen LogP contribution in [-0.4, -0.2) is 11.6 Å². The largest absolute Gasteiger partial charge is 0.468 e. The summed E-state index contributed by atoms with van der Waals surface area (Å²) in [5.41, 5.74) is 0. The number of aryl methyl sites for hydroxylation is 1. The first kappa shape index (κ1) is 10.0. The Hall–Kier alpha value is -0.0800. The molecule has 0 saturated heterocycles. The van der Waals surface area contributed by atoms with Crippen LogP contribution in [0.25, 0.3) is 0 Å².